The smallest absolute Gasteiger partial charge is 0.251 e. The number of hydrogen-bond acceptors (Lipinski definition) is 3. The Morgan fingerprint density at radius 3 is 2.80 bits per heavy atom. The molecule has 0 bridgehead atoms. The number of rotatable bonds is 7. The van der Waals surface area contributed by atoms with Crippen LogP contribution in [0.4, 0.5) is 4.39 Å². The topological polar surface area (TPSA) is 67.2 Å². The van der Waals surface area contributed by atoms with Gasteiger partial charge in [-0.05, 0) is 74.1 Å². The molecule has 1 amide bonds. The van der Waals surface area contributed by atoms with Crippen LogP contribution >= 0.6 is 0 Å². The number of hydrogen-bond donors (Lipinski definition) is 2. The van der Waals surface area contributed by atoms with Crippen molar-refractivity contribution in [1.82, 2.24) is 15.1 Å². The third-order valence-electron chi connectivity index (χ3n) is 7.58. The number of benzene rings is 2. The number of aromatic nitrogens is 2. The fourth-order valence-corrected chi connectivity index (χ4v) is 5.99. The van der Waals surface area contributed by atoms with Gasteiger partial charge in [0.1, 0.15) is 11.6 Å². The summed E-state index contributed by atoms with van der Waals surface area (Å²) in [5.74, 6) is 0.432. The molecule has 1 heterocycles. The lowest BCUT2D eigenvalue weighted by atomic mass is 9.78. The highest BCUT2D eigenvalue weighted by Crippen LogP contribution is 2.48. The number of carbonyl (C=O) groups excluding carboxylic acids is 1. The van der Waals surface area contributed by atoms with Crippen LogP contribution in [0.5, 0.6) is 5.75 Å². The average molecular weight is 474 g/mol. The molecule has 6 heteroatoms. The molecule has 5 rings (SSSR count). The molecule has 0 saturated carbocycles. The fraction of sp³-hybridized carbons (Fsp3) is 0.379. The molecular formula is C29H32FN3O2. The predicted molar refractivity (Wildman–Crippen MR) is 134 cm³/mol. The molecule has 3 aromatic rings. The number of allylic oxidation sites excluding steroid dienone is 2. The van der Waals surface area contributed by atoms with Crippen molar-refractivity contribution >= 4 is 5.91 Å². The summed E-state index contributed by atoms with van der Waals surface area (Å²) in [6, 6.07) is 13.1. The van der Waals surface area contributed by atoms with Crippen molar-refractivity contribution in [3.05, 3.63) is 88.5 Å². The molecule has 2 aliphatic carbocycles. The lowest BCUT2D eigenvalue weighted by Crippen LogP contribution is -2.36. The number of phenols is 1. The third-order valence-corrected chi connectivity index (χ3v) is 7.58. The Kier molecular flexibility index (Phi) is 6.46. The van der Waals surface area contributed by atoms with E-state index in [0.29, 0.717) is 11.5 Å². The summed E-state index contributed by atoms with van der Waals surface area (Å²) in [4.78, 5) is 12.9. The van der Waals surface area contributed by atoms with E-state index in [2.05, 4.69) is 24.3 Å². The van der Waals surface area contributed by atoms with E-state index in [1.54, 1.807) is 30.3 Å². The number of nitrogens with zero attached hydrogens (tertiary/aromatic N) is 2. The van der Waals surface area contributed by atoms with Gasteiger partial charge in [-0.15, -0.1) is 0 Å². The van der Waals surface area contributed by atoms with Crippen molar-refractivity contribution in [1.29, 1.82) is 0 Å². The van der Waals surface area contributed by atoms with Crippen molar-refractivity contribution in [2.24, 2.45) is 5.92 Å². The average Bonchev–Trinajstić information content (AvgIpc) is 3.45. The molecule has 0 fully saturated rings. The summed E-state index contributed by atoms with van der Waals surface area (Å²) in [7, 11) is 0. The number of amides is 1. The normalized spacial score (nSPS) is 19.9. The van der Waals surface area contributed by atoms with Gasteiger partial charge in [0.05, 0.1) is 17.6 Å². The summed E-state index contributed by atoms with van der Waals surface area (Å²) in [6.07, 6.45) is 7.85. The van der Waals surface area contributed by atoms with E-state index in [4.69, 9.17) is 0 Å². The summed E-state index contributed by atoms with van der Waals surface area (Å²) in [6.45, 7) is 4.41. The number of aromatic hydroxyl groups is 1. The SMILES string of the molecule is CCCC(C[C@H]1CCC2=C1[C@@H](C)c1cnn(-c3ccc(F)cc3)c1C2)NC(=O)c1cccc(O)c1. The molecule has 0 radical (unpaired) electrons. The first-order chi connectivity index (χ1) is 16.9. The van der Waals surface area contributed by atoms with E-state index in [9.17, 15) is 14.3 Å². The van der Waals surface area contributed by atoms with Crippen LogP contribution in [-0.4, -0.2) is 26.8 Å². The van der Waals surface area contributed by atoms with Crippen LogP contribution in [0.2, 0.25) is 0 Å². The van der Waals surface area contributed by atoms with Crippen LogP contribution in [0.1, 0.15) is 73.5 Å². The molecule has 0 aliphatic heterocycles. The second-order valence-electron chi connectivity index (χ2n) is 9.87. The second-order valence-corrected chi connectivity index (χ2v) is 9.87. The zero-order valence-electron chi connectivity index (χ0n) is 20.3. The summed E-state index contributed by atoms with van der Waals surface area (Å²) in [5.41, 5.74) is 6.83. The Morgan fingerprint density at radius 1 is 1.26 bits per heavy atom. The number of halogens is 1. The van der Waals surface area contributed by atoms with Crippen LogP contribution in [0.3, 0.4) is 0 Å². The lowest BCUT2D eigenvalue weighted by Gasteiger charge is -2.29. The molecule has 0 spiro atoms. The number of carbonyl (C=O) groups is 1. The Labute approximate surface area is 205 Å². The Bertz CT molecular complexity index is 1260. The third kappa shape index (κ3) is 4.62. The van der Waals surface area contributed by atoms with E-state index in [1.165, 1.54) is 40.6 Å². The van der Waals surface area contributed by atoms with Crippen LogP contribution in [0.25, 0.3) is 5.69 Å². The van der Waals surface area contributed by atoms with Gasteiger partial charge in [0, 0.05) is 29.5 Å². The van der Waals surface area contributed by atoms with Gasteiger partial charge >= 0.3 is 0 Å². The summed E-state index contributed by atoms with van der Waals surface area (Å²) in [5, 5.41) is 17.6. The van der Waals surface area contributed by atoms with Gasteiger partial charge in [-0.3, -0.25) is 4.79 Å². The Hall–Kier alpha value is -3.41. The van der Waals surface area contributed by atoms with Gasteiger partial charge in [-0.2, -0.15) is 5.10 Å². The van der Waals surface area contributed by atoms with E-state index < -0.39 is 0 Å². The van der Waals surface area contributed by atoms with Gasteiger partial charge in [0.2, 0.25) is 0 Å². The first kappa shape index (κ1) is 23.3. The fourth-order valence-electron chi connectivity index (χ4n) is 5.99. The monoisotopic (exact) mass is 473 g/mol. The lowest BCUT2D eigenvalue weighted by molar-refractivity contribution is 0.0929. The van der Waals surface area contributed by atoms with E-state index in [-0.39, 0.29) is 29.4 Å². The number of phenolic OH excluding ortho intramolecular Hbond substituents is 1. The summed E-state index contributed by atoms with van der Waals surface area (Å²) < 4.78 is 15.4. The van der Waals surface area contributed by atoms with E-state index in [0.717, 1.165) is 44.2 Å². The van der Waals surface area contributed by atoms with Gasteiger partial charge in [-0.1, -0.05) is 37.5 Å². The van der Waals surface area contributed by atoms with Crippen LogP contribution in [0, 0.1) is 11.7 Å². The highest BCUT2D eigenvalue weighted by Gasteiger charge is 2.37. The first-order valence-electron chi connectivity index (χ1n) is 12.6. The molecule has 1 aromatic heterocycles. The van der Waals surface area contributed by atoms with E-state index >= 15 is 0 Å². The molecule has 0 saturated heterocycles. The Balaban J connectivity index is 1.34. The maximum absolute atomic E-state index is 13.4. The van der Waals surface area contributed by atoms with Crippen molar-refractivity contribution in [3.63, 3.8) is 0 Å². The van der Waals surface area contributed by atoms with Crippen LogP contribution in [0.15, 0.2) is 65.9 Å². The molecule has 2 aliphatic rings. The summed E-state index contributed by atoms with van der Waals surface area (Å²) >= 11 is 0. The minimum atomic E-state index is -0.246. The largest absolute Gasteiger partial charge is 0.508 e. The Morgan fingerprint density at radius 2 is 2.06 bits per heavy atom. The van der Waals surface area contributed by atoms with Gasteiger partial charge in [-0.25, -0.2) is 9.07 Å². The van der Waals surface area contributed by atoms with Crippen molar-refractivity contribution in [2.45, 2.75) is 64.3 Å². The zero-order chi connectivity index (χ0) is 24.5. The molecule has 35 heavy (non-hydrogen) atoms. The second kappa shape index (κ2) is 9.68. The molecular weight excluding hydrogens is 441 g/mol. The van der Waals surface area contributed by atoms with Crippen LogP contribution in [-0.2, 0) is 6.42 Å². The molecule has 1 unspecified atom stereocenters. The molecule has 3 atom stereocenters. The van der Waals surface area contributed by atoms with Crippen molar-refractivity contribution in [2.75, 3.05) is 0 Å². The van der Waals surface area contributed by atoms with Gasteiger partial charge < -0.3 is 10.4 Å². The minimum absolute atomic E-state index is 0.0854. The number of fused-ring (bicyclic) bond motifs is 1. The van der Waals surface area contributed by atoms with Gasteiger partial charge in [0.15, 0.2) is 0 Å². The predicted octanol–water partition coefficient (Wildman–Crippen LogP) is 6.07. The van der Waals surface area contributed by atoms with Crippen LogP contribution < -0.4 is 5.32 Å². The first-order valence-corrected chi connectivity index (χ1v) is 12.6. The highest BCUT2D eigenvalue weighted by atomic mass is 19.1. The maximum atomic E-state index is 13.4. The quantitative estimate of drug-likeness (QED) is 0.409. The molecule has 2 aromatic carbocycles. The van der Waals surface area contributed by atoms with Gasteiger partial charge in [0.25, 0.3) is 5.91 Å². The highest BCUT2D eigenvalue weighted by molar-refractivity contribution is 5.94. The van der Waals surface area contributed by atoms with Crippen molar-refractivity contribution in [3.8, 4) is 11.4 Å². The maximum Gasteiger partial charge on any atom is 0.251 e. The number of nitrogens with one attached hydrogen (secondary N) is 1. The van der Waals surface area contributed by atoms with Crippen molar-refractivity contribution < 1.29 is 14.3 Å². The van der Waals surface area contributed by atoms with E-state index in [1.807, 2.05) is 10.9 Å². The minimum Gasteiger partial charge on any atom is -0.508 e. The zero-order valence-corrected chi connectivity index (χ0v) is 20.3. The molecule has 5 nitrogen and oxygen atoms in total. The molecule has 182 valence electrons. The molecule has 2 N–H and O–H groups in total. The standard InChI is InChI=1S/C29H32FN3O2/c1-3-5-23(32-29(35)21-6-4-7-25(34)15-21)14-19-8-9-20-16-27-26(18(2)28(19)20)17-31-33(27)24-12-10-22(30)11-13-24/h4,6-7,10-13,15,17-19,23,34H,3,5,8-9,14,16H2,1-2H3,(H,32,35)/t18-,19+,23?/m0/s1.